The van der Waals surface area contributed by atoms with E-state index in [9.17, 15) is 9.59 Å². The molecule has 0 atom stereocenters. The number of carbonyl (C=O) groups is 2. The lowest BCUT2D eigenvalue weighted by Gasteiger charge is -2.36. The standard InChI is InChI=1S/C26H28ClN9.C25H25ClN12O.C24H25ClN12.C24H24ClN11O/c1-26(2,3)24-32-22-14-19(10-13-36(22)34-24)31-25-29-16-21(27)23(33-25)30-18-8-11-35(12-9-18)20-6-4-17(15-28)5-7-20;1-15-13-37(14-15)24(39)23-31-21-10-17(6-9-38(21)35-23)30-25-28-12-19(26)22(32-25)29-16-4-7-36(8-5-16)20-3-2-18(11-27)33-34-20;1-15(27-2)11-20-31-22-12-17(7-10-37(22)35-20)30-24-28-14-19(25)23(32-24)29-16-5-8-36(9-6-16)21-4-3-18(13-26)33-34-21;1-34(2)23(37)22-31-20-11-17(7-10-36(20)33-22)30-24-28-14-18(25)21(32-24)29-16-5-8-35(9-6-16)19-4-3-15(12-26)13-27-19/h4-7,10,13-14,16,18H,8-9,11-12H2,1-3H3,(H2,29,30,31,33);2-3,6,9-10,12,15-16H,4-5,7-8,13-14H2,1H3,(H2,28,29,30,32);3-4,7,10,12,14,16,27H,1,5-6,8-9,11H2,2H3,(H2,28,29,30,32);3-4,7,10-11,13-14,16H,5-6,8-9H2,1-2H3,(H2,28,29,30,32). The normalized spacial score (nSPS) is 14.6. The van der Waals surface area contributed by atoms with Crippen LogP contribution in [0.2, 0.25) is 20.1 Å². The fourth-order valence-corrected chi connectivity index (χ4v) is 17.5. The highest BCUT2D eigenvalue weighted by molar-refractivity contribution is 6.34. The van der Waals surface area contributed by atoms with Gasteiger partial charge in [0.15, 0.2) is 80.5 Å². The number of benzene rings is 1. The van der Waals surface area contributed by atoms with Crippen LogP contribution in [-0.2, 0) is 11.8 Å². The summed E-state index contributed by atoms with van der Waals surface area (Å²) in [6, 6.07) is 42.2. The average molecular weight is 2080 g/mol. The Labute approximate surface area is 874 Å². The summed E-state index contributed by atoms with van der Waals surface area (Å²) >= 11 is 25.6. The van der Waals surface area contributed by atoms with Gasteiger partial charge in [-0.25, -0.2) is 62.9 Å². The van der Waals surface area contributed by atoms with E-state index in [0.29, 0.717) is 136 Å². The summed E-state index contributed by atoms with van der Waals surface area (Å²) in [5, 5.41) is 101. The first-order valence-corrected chi connectivity index (χ1v) is 49.5. The van der Waals surface area contributed by atoms with Crippen molar-refractivity contribution < 1.29 is 9.59 Å². The van der Waals surface area contributed by atoms with Crippen LogP contribution in [0, 0.1) is 51.2 Å². The van der Waals surface area contributed by atoms with Crippen molar-refractivity contribution in [2.75, 3.05) is 149 Å². The number of nitrogens with one attached hydrogen (secondary N) is 9. The van der Waals surface area contributed by atoms with E-state index in [-0.39, 0.29) is 53.0 Å². The zero-order valence-corrected chi connectivity index (χ0v) is 85.1. The lowest BCUT2D eigenvalue weighted by Crippen LogP contribution is -2.48. The Bertz CT molecular complexity index is 7690. The van der Waals surface area contributed by atoms with Crippen LogP contribution in [0.4, 0.5) is 93.0 Å². The molecule has 5 saturated heterocycles. The number of likely N-dealkylation sites (tertiary alicyclic amines) is 1. The van der Waals surface area contributed by atoms with Gasteiger partial charge in [-0.05, 0) is 142 Å². The number of nitriles is 4. The number of hydrogen-bond donors (Lipinski definition) is 9. The molecule has 21 rings (SSSR count). The van der Waals surface area contributed by atoms with E-state index in [0.717, 1.165) is 168 Å². The number of aromatic nitrogens is 25. The maximum atomic E-state index is 12.6. The summed E-state index contributed by atoms with van der Waals surface area (Å²) in [5.41, 5.74) is 9.22. The molecular formula is C99H102Cl4N44O2. The number of halogens is 4. The summed E-state index contributed by atoms with van der Waals surface area (Å²) in [6.45, 7) is 20.4. The highest BCUT2D eigenvalue weighted by Gasteiger charge is 2.33. The van der Waals surface area contributed by atoms with E-state index in [1.807, 2.05) is 104 Å². The Balaban J connectivity index is 0.000000130. The Morgan fingerprint density at radius 2 is 0.792 bits per heavy atom. The van der Waals surface area contributed by atoms with Crippen molar-refractivity contribution in [2.45, 2.75) is 115 Å². The van der Waals surface area contributed by atoms with Crippen molar-refractivity contribution in [1.29, 1.82) is 21.0 Å². The van der Waals surface area contributed by atoms with Gasteiger partial charge in [0, 0.05) is 212 Å². The summed E-state index contributed by atoms with van der Waals surface area (Å²) in [4.78, 5) is 94.7. The molecule has 758 valence electrons. The van der Waals surface area contributed by atoms with Crippen LogP contribution >= 0.6 is 46.4 Å². The van der Waals surface area contributed by atoms with Gasteiger partial charge in [0.05, 0.1) is 42.0 Å². The zero-order chi connectivity index (χ0) is 104. The van der Waals surface area contributed by atoms with E-state index in [1.54, 1.807) is 112 Å². The van der Waals surface area contributed by atoms with Crippen molar-refractivity contribution >= 4 is 174 Å². The molecular weight excluding hydrogens is 1980 g/mol. The monoisotopic (exact) mass is 2080 g/mol. The van der Waals surface area contributed by atoms with Crippen LogP contribution in [0.3, 0.4) is 0 Å². The van der Waals surface area contributed by atoms with E-state index in [1.165, 1.54) is 9.42 Å². The van der Waals surface area contributed by atoms with Crippen molar-refractivity contribution in [3.8, 4) is 24.3 Å². The van der Waals surface area contributed by atoms with Gasteiger partial charge in [0.25, 0.3) is 11.8 Å². The van der Waals surface area contributed by atoms with Crippen LogP contribution in [-0.4, -0.2) is 256 Å². The number of pyridine rings is 5. The molecule has 15 aromatic heterocycles. The molecule has 5 aliphatic rings. The zero-order valence-electron chi connectivity index (χ0n) is 82.1. The first-order chi connectivity index (χ1) is 72.1. The highest BCUT2D eigenvalue weighted by atomic mass is 35.5. The van der Waals surface area contributed by atoms with Crippen LogP contribution in [0.1, 0.15) is 134 Å². The van der Waals surface area contributed by atoms with Gasteiger partial charge in [-0.15, -0.1) is 30.6 Å². The number of carbonyl (C=O) groups excluding carboxylic acids is 2. The maximum absolute atomic E-state index is 12.6. The molecule has 0 saturated carbocycles. The third-order valence-corrected chi connectivity index (χ3v) is 26.1. The fourth-order valence-electron chi connectivity index (χ4n) is 16.9. The summed E-state index contributed by atoms with van der Waals surface area (Å²) in [6.07, 6.45) is 22.7. The predicted octanol–water partition coefficient (Wildman–Crippen LogP) is 13.8. The molecule has 9 N–H and O–H groups in total. The van der Waals surface area contributed by atoms with Gasteiger partial charge in [-0.2, -0.15) is 51.2 Å². The number of anilines is 16. The molecule has 149 heavy (non-hydrogen) atoms. The molecule has 5 fully saturated rings. The second-order valence-corrected chi connectivity index (χ2v) is 38.8. The van der Waals surface area contributed by atoms with Crippen molar-refractivity contribution in [3.05, 3.63) is 243 Å². The minimum atomic E-state index is -0.269. The minimum Gasteiger partial charge on any atom is -0.392 e. The van der Waals surface area contributed by atoms with Crippen LogP contribution in [0.5, 0.6) is 0 Å². The molecule has 0 aliphatic carbocycles. The molecule has 0 radical (unpaired) electrons. The van der Waals surface area contributed by atoms with Gasteiger partial charge < -0.3 is 77.3 Å². The van der Waals surface area contributed by atoms with Gasteiger partial charge in [0.1, 0.15) is 44.1 Å². The van der Waals surface area contributed by atoms with E-state index < -0.39 is 0 Å². The predicted molar refractivity (Wildman–Crippen MR) is 566 cm³/mol. The van der Waals surface area contributed by atoms with Crippen molar-refractivity contribution in [2.24, 2.45) is 5.92 Å². The topological polar surface area (TPSA) is 545 Å². The molecule has 2 amide bonds. The van der Waals surface area contributed by atoms with Crippen LogP contribution in [0.25, 0.3) is 22.6 Å². The summed E-state index contributed by atoms with van der Waals surface area (Å²) in [5.74, 6) is 8.19. The summed E-state index contributed by atoms with van der Waals surface area (Å²) < 4.78 is 6.60. The lowest BCUT2D eigenvalue weighted by atomic mass is 9.96. The molecule has 0 spiro atoms. The number of fused-ring (bicyclic) bond motifs is 4. The van der Waals surface area contributed by atoms with Crippen LogP contribution in [0.15, 0.2) is 177 Å². The number of nitrogens with zero attached hydrogens (tertiary/aromatic N) is 35. The number of amides is 2. The van der Waals surface area contributed by atoms with Gasteiger partial charge >= 0.3 is 0 Å². The minimum absolute atomic E-state index is 0.123. The van der Waals surface area contributed by atoms with Crippen LogP contribution < -0.4 is 67.5 Å². The largest absolute Gasteiger partial charge is 0.392 e. The molecule has 0 unspecified atom stereocenters. The van der Waals surface area contributed by atoms with E-state index in [4.69, 9.17) is 67.5 Å². The molecule has 5 aliphatic heterocycles. The van der Waals surface area contributed by atoms with Gasteiger partial charge in [0.2, 0.25) is 35.4 Å². The molecule has 0 bridgehead atoms. The SMILES string of the molecule is C=C(Cc1nc2cc(Nc3ncc(Cl)c(NC4CCN(c5ccc(C#N)nn5)CC4)n3)ccn2n1)NC.CC(C)(C)c1nc2cc(Nc3ncc(Cl)c(NC4CCN(c5ccc(C#N)cc5)CC4)n3)ccn2n1.CC1CN(C(=O)c2nc3cc(Nc4ncc(Cl)c(NC5CCN(c6ccc(C#N)nn6)CC5)n4)ccn3n2)C1.CN(C)C(=O)c1nc2cc(Nc3ncc(Cl)c(NC4CCN(c5ccc(C#N)cn5)CC4)n3)ccn2n1. The van der Waals surface area contributed by atoms with E-state index >= 15 is 0 Å². The first-order valence-electron chi connectivity index (χ1n) is 48.0. The third kappa shape index (κ3) is 25.5. The highest BCUT2D eigenvalue weighted by Crippen LogP contribution is 2.35. The second-order valence-electron chi connectivity index (χ2n) is 37.1. The van der Waals surface area contributed by atoms with Crippen molar-refractivity contribution in [1.82, 2.24) is 139 Å². The molecule has 16 aromatic rings. The fraction of sp³-hybridized carbons (Fsp3) is 0.323. The molecule has 1 aromatic carbocycles. The lowest BCUT2D eigenvalue weighted by molar-refractivity contribution is 0.0517. The smallest absolute Gasteiger partial charge is 0.293 e. The second kappa shape index (κ2) is 45.9. The number of hydrogen-bond acceptors (Lipinski definition) is 40. The van der Waals surface area contributed by atoms with Crippen molar-refractivity contribution in [3.63, 3.8) is 0 Å². The Morgan fingerprint density at radius 3 is 1.16 bits per heavy atom. The van der Waals surface area contributed by atoms with Gasteiger partial charge in [-0.3, -0.25) is 9.59 Å². The molecule has 50 heteroatoms. The molecule has 46 nitrogen and oxygen atoms in total. The quantitative estimate of drug-likeness (QED) is 0.0257. The number of rotatable bonds is 25. The molecule has 20 heterocycles. The van der Waals surface area contributed by atoms with E-state index in [2.05, 4.69) is 219 Å². The summed E-state index contributed by atoms with van der Waals surface area (Å²) in [7, 11) is 5.13. The Hall–Kier alpha value is -17.5. The number of piperidine rings is 4. The number of allylic oxidation sites excluding steroid dienone is 1. The number of likely N-dealkylation sites (N-methyl/N-ethyl adjacent to an activating group) is 1. The first kappa shape index (κ1) is 102. The average Bonchev–Trinajstić information content (AvgIpc) is 1.69. The maximum Gasteiger partial charge on any atom is 0.293 e. The van der Waals surface area contributed by atoms with Gasteiger partial charge in [-0.1, -0.05) is 80.7 Å². The third-order valence-electron chi connectivity index (χ3n) is 25.0. The Kier molecular flexibility index (Phi) is 31.3. The Morgan fingerprint density at radius 1 is 0.423 bits per heavy atom.